The Kier molecular flexibility index (Phi) is 3.68. The molecule has 0 aromatic heterocycles. The van der Waals surface area contributed by atoms with Crippen LogP contribution in [0.4, 0.5) is 5.69 Å². The van der Waals surface area contributed by atoms with Gasteiger partial charge in [0, 0.05) is 18.2 Å². The number of hydrogen-bond donors (Lipinski definition) is 2. The number of nitrogens with zero attached hydrogens (tertiary/aromatic N) is 1. The predicted molar refractivity (Wildman–Crippen MR) is 84.5 cm³/mol. The second kappa shape index (κ2) is 5.47. The Morgan fingerprint density at radius 1 is 1.20 bits per heavy atom. The van der Waals surface area contributed by atoms with Crippen LogP contribution in [0.15, 0.2) is 18.2 Å². The van der Waals surface area contributed by atoms with Crippen molar-refractivity contribution in [2.75, 3.05) is 11.4 Å². The van der Waals surface area contributed by atoms with Crippen LogP contribution in [0.2, 0.25) is 0 Å². The van der Waals surface area contributed by atoms with E-state index in [-0.39, 0.29) is 5.84 Å². The van der Waals surface area contributed by atoms with Gasteiger partial charge in [0.2, 0.25) is 0 Å². The van der Waals surface area contributed by atoms with Crippen LogP contribution >= 0.6 is 0 Å². The molecule has 1 aromatic rings. The summed E-state index contributed by atoms with van der Waals surface area (Å²) in [5, 5.41) is 7.86. The second-order valence-electron chi connectivity index (χ2n) is 6.33. The number of anilines is 1. The molecule has 2 fully saturated rings. The van der Waals surface area contributed by atoms with Gasteiger partial charge in [-0.2, -0.15) is 0 Å². The number of rotatable bonds is 3. The van der Waals surface area contributed by atoms with Crippen LogP contribution in [-0.4, -0.2) is 18.4 Å². The van der Waals surface area contributed by atoms with E-state index in [1.54, 1.807) is 0 Å². The molecule has 20 heavy (non-hydrogen) atoms. The summed E-state index contributed by atoms with van der Waals surface area (Å²) in [6.07, 6.45) is 8.11. The van der Waals surface area contributed by atoms with Gasteiger partial charge < -0.3 is 10.6 Å². The number of benzene rings is 1. The summed E-state index contributed by atoms with van der Waals surface area (Å²) in [6.45, 7) is 3.26. The lowest BCUT2D eigenvalue weighted by Gasteiger charge is -2.33. The first kappa shape index (κ1) is 13.5. The van der Waals surface area contributed by atoms with E-state index in [1.165, 1.54) is 49.8 Å². The molecule has 0 bridgehead atoms. The van der Waals surface area contributed by atoms with Crippen molar-refractivity contribution in [1.29, 1.82) is 5.41 Å². The zero-order valence-corrected chi connectivity index (χ0v) is 12.4. The number of nitrogen functional groups attached to an aromatic ring is 1. The fourth-order valence-corrected chi connectivity index (χ4v) is 4.16. The van der Waals surface area contributed by atoms with Gasteiger partial charge in [0.05, 0.1) is 5.69 Å². The molecule has 3 nitrogen and oxygen atoms in total. The Bertz CT molecular complexity index is 503. The lowest BCUT2D eigenvalue weighted by Crippen LogP contribution is -2.36. The predicted octanol–water partition coefficient (Wildman–Crippen LogP) is 3.44. The van der Waals surface area contributed by atoms with E-state index in [2.05, 4.69) is 17.9 Å². The normalized spacial score (nSPS) is 23.4. The Balaban J connectivity index is 1.96. The van der Waals surface area contributed by atoms with Gasteiger partial charge in [0.25, 0.3) is 0 Å². The molecule has 3 N–H and O–H groups in total. The van der Waals surface area contributed by atoms with Crippen molar-refractivity contribution in [1.82, 2.24) is 0 Å². The highest BCUT2D eigenvalue weighted by molar-refractivity contribution is 6.01. The molecule has 1 atom stereocenters. The van der Waals surface area contributed by atoms with Crippen LogP contribution in [0.5, 0.6) is 0 Å². The van der Waals surface area contributed by atoms with E-state index in [4.69, 9.17) is 11.1 Å². The highest BCUT2D eigenvalue weighted by Crippen LogP contribution is 2.39. The molecule has 3 rings (SSSR count). The summed E-state index contributed by atoms with van der Waals surface area (Å²) in [5.74, 6) is 1.04. The van der Waals surface area contributed by atoms with Crippen LogP contribution < -0.4 is 10.6 Å². The number of para-hydroxylation sites is 1. The van der Waals surface area contributed by atoms with Gasteiger partial charge >= 0.3 is 0 Å². The number of nitrogens with two attached hydrogens (primary N) is 1. The van der Waals surface area contributed by atoms with E-state index in [0.29, 0.717) is 6.04 Å². The standard InChI is InChI=1S/C17H25N3/c1-12-6-4-9-14(17(18)19)16(12)20-11-5-10-15(20)13-7-2-3-8-13/h4,6,9,13,15H,2-3,5,7-8,10-11H2,1H3,(H3,18,19). The Morgan fingerprint density at radius 2 is 1.95 bits per heavy atom. The van der Waals surface area contributed by atoms with Gasteiger partial charge in [0.1, 0.15) is 5.84 Å². The molecule has 2 aliphatic rings. The molecule has 1 heterocycles. The van der Waals surface area contributed by atoms with Crippen molar-refractivity contribution in [3.05, 3.63) is 29.3 Å². The highest BCUT2D eigenvalue weighted by atomic mass is 15.2. The van der Waals surface area contributed by atoms with Crippen molar-refractivity contribution in [2.24, 2.45) is 11.7 Å². The van der Waals surface area contributed by atoms with E-state index in [1.807, 2.05) is 12.1 Å². The first-order valence-electron chi connectivity index (χ1n) is 7.89. The molecule has 1 aliphatic carbocycles. The summed E-state index contributed by atoms with van der Waals surface area (Å²) in [4.78, 5) is 2.56. The number of aryl methyl sites for hydroxylation is 1. The van der Waals surface area contributed by atoms with E-state index in [0.717, 1.165) is 18.0 Å². The summed E-state index contributed by atoms with van der Waals surface area (Å²) in [7, 11) is 0. The monoisotopic (exact) mass is 271 g/mol. The SMILES string of the molecule is Cc1cccc(C(=N)N)c1N1CCCC1C1CCCC1. The van der Waals surface area contributed by atoms with E-state index >= 15 is 0 Å². The highest BCUT2D eigenvalue weighted by Gasteiger charge is 2.34. The Morgan fingerprint density at radius 3 is 2.65 bits per heavy atom. The van der Waals surface area contributed by atoms with Gasteiger partial charge in [-0.1, -0.05) is 25.0 Å². The summed E-state index contributed by atoms with van der Waals surface area (Å²) in [5.41, 5.74) is 9.19. The largest absolute Gasteiger partial charge is 0.384 e. The van der Waals surface area contributed by atoms with Crippen molar-refractivity contribution in [3.63, 3.8) is 0 Å². The van der Waals surface area contributed by atoms with E-state index < -0.39 is 0 Å². The molecular formula is C17H25N3. The van der Waals surface area contributed by atoms with Crippen molar-refractivity contribution in [2.45, 2.75) is 51.5 Å². The van der Waals surface area contributed by atoms with Gasteiger partial charge in [-0.3, -0.25) is 5.41 Å². The van der Waals surface area contributed by atoms with Gasteiger partial charge in [-0.05, 0) is 50.2 Å². The van der Waals surface area contributed by atoms with Gasteiger partial charge in [-0.25, -0.2) is 0 Å². The summed E-state index contributed by atoms with van der Waals surface area (Å²) >= 11 is 0. The average Bonchev–Trinajstić information content (AvgIpc) is 3.08. The Labute approximate surface area is 121 Å². The third-order valence-corrected chi connectivity index (χ3v) is 5.06. The maximum absolute atomic E-state index is 7.86. The number of nitrogens with one attached hydrogen (secondary N) is 1. The zero-order chi connectivity index (χ0) is 14.1. The first-order chi connectivity index (χ1) is 9.68. The molecule has 0 spiro atoms. The topological polar surface area (TPSA) is 53.1 Å². The minimum atomic E-state index is 0.195. The molecule has 1 aromatic carbocycles. The minimum Gasteiger partial charge on any atom is -0.384 e. The van der Waals surface area contributed by atoms with Gasteiger partial charge in [0.15, 0.2) is 0 Å². The lowest BCUT2D eigenvalue weighted by molar-refractivity contribution is 0.430. The summed E-state index contributed by atoms with van der Waals surface area (Å²) < 4.78 is 0. The fraction of sp³-hybridized carbons (Fsp3) is 0.588. The smallest absolute Gasteiger partial charge is 0.124 e. The van der Waals surface area contributed by atoms with Crippen LogP contribution in [0, 0.1) is 18.3 Å². The van der Waals surface area contributed by atoms with Crippen LogP contribution in [0.25, 0.3) is 0 Å². The lowest BCUT2D eigenvalue weighted by atomic mass is 9.94. The number of hydrogen-bond acceptors (Lipinski definition) is 2. The number of amidine groups is 1. The maximum Gasteiger partial charge on any atom is 0.124 e. The Hall–Kier alpha value is -1.51. The van der Waals surface area contributed by atoms with E-state index in [9.17, 15) is 0 Å². The third-order valence-electron chi connectivity index (χ3n) is 5.06. The third kappa shape index (κ3) is 2.30. The molecule has 1 unspecified atom stereocenters. The van der Waals surface area contributed by atoms with Crippen molar-refractivity contribution in [3.8, 4) is 0 Å². The zero-order valence-electron chi connectivity index (χ0n) is 12.4. The van der Waals surface area contributed by atoms with Gasteiger partial charge in [-0.15, -0.1) is 0 Å². The second-order valence-corrected chi connectivity index (χ2v) is 6.33. The molecule has 0 radical (unpaired) electrons. The van der Waals surface area contributed by atoms with Crippen molar-refractivity contribution >= 4 is 11.5 Å². The molecule has 1 aliphatic heterocycles. The van der Waals surface area contributed by atoms with Crippen LogP contribution in [-0.2, 0) is 0 Å². The average molecular weight is 271 g/mol. The van der Waals surface area contributed by atoms with Crippen LogP contribution in [0.1, 0.15) is 49.7 Å². The molecular weight excluding hydrogens is 246 g/mol. The minimum absolute atomic E-state index is 0.195. The van der Waals surface area contributed by atoms with Crippen molar-refractivity contribution < 1.29 is 0 Å². The molecule has 1 saturated carbocycles. The maximum atomic E-state index is 7.86. The first-order valence-corrected chi connectivity index (χ1v) is 7.89. The molecule has 1 saturated heterocycles. The van der Waals surface area contributed by atoms with Crippen LogP contribution in [0.3, 0.4) is 0 Å². The fourth-order valence-electron chi connectivity index (χ4n) is 4.16. The summed E-state index contributed by atoms with van der Waals surface area (Å²) in [6, 6.07) is 6.81. The molecule has 108 valence electrons. The molecule has 0 amide bonds. The quantitative estimate of drug-likeness (QED) is 0.653. The molecule has 3 heteroatoms.